The standard InChI is InChI=1S/C20H16N2O/c23-20-21(16-10-4-1-5-11-16)18-14-8-3-9-15-19(18)22(20)17-12-6-2-7-13-17/h1-2,4-15H,3H2. The smallest absolute Gasteiger partial charge is 0.260 e. The van der Waals surface area contributed by atoms with E-state index in [2.05, 4.69) is 12.2 Å². The Hall–Kier alpha value is -3.07. The average molecular weight is 300 g/mol. The molecule has 0 fully saturated rings. The molecule has 0 amide bonds. The minimum atomic E-state index is -0.0522. The van der Waals surface area contributed by atoms with Gasteiger partial charge in [-0.05, 0) is 42.8 Å². The molecule has 0 aliphatic heterocycles. The predicted molar refractivity (Wildman–Crippen MR) is 94.1 cm³/mol. The number of fused-ring (bicyclic) bond motifs is 1. The molecule has 1 aromatic heterocycles. The van der Waals surface area contributed by atoms with E-state index in [0.717, 1.165) is 29.2 Å². The van der Waals surface area contributed by atoms with Crippen LogP contribution in [0.5, 0.6) is 0 Å². The summed E-state index contributed by atoms with van der Waals surface area (Å²) in [5.74, 6) is 0. The maximum atomic E-state index is 13.1. The van der Waals surface area contributed by atoms with E-state index in [9.17, 15) is 4.79 Å². The minimum Gasteiger partial charge on any atom is -0.260 e. The number of hydrogen-bond acceptors (Lipinski definition) is 1. The van der Waals surface area contributed by atoms with E-state index in [1.54, 1.807) is 9.13 Å². The Kier molecular flexibility index (Phi) is 3.31. The summed E-state index contributed by atoms with van der Waals surface area (Å²) < 4.78 is 3.54. The third-order valence-corrected chi connectivity index (χ3v) is 3.98. The lowest BCUT2D eigenvalue weighted by Gasteiger charge is -2.03. The highest BCUT2D eigenvalue weighted by atomic mass is 16.1. The van der Waals surface area contributed by atoms with Gasteiger partial charge in [0.1, 0.15) is 0 Å². The van der Waals surface area contributed by atoms with Crippen molar-refractivity contribution in [1.29, 1.82) is 0 Å². The highest BCUT2D eigenvalue weighted by molar-refractivity contribution is 5.66. The molecule has 0 bridgehead atoms. The van der Waals surface area contributed by atoms with Crippen LogP contribution in [0, 0.1) is 0 Å². The monoisotopic (exact) mass is 300 g/mol. The molecule has 0 atom stereocenters. The molecule has 3 nitrogen and oxygen atoms in total. The van der Waals surface area contributed by atoms with Gasteiger partial charge >= 0.3 is 5.69 Å². The van der Waals surface area contributed by atoms with Gasteiger partial charge < -0.3 is 0 Å². The lowest BCUT2D eigenvalue weighted by atomic mass is 10.2. The number of aromatic nitrogens is 2. The quantitative estimate of drug-likeness (QED) is 0.701. The Morgan fingerprint density at radius 2 is 1.09 bits per heavy atom. The average Bonchev–Trinajstić information content (AvgIpc) is 2.74. The van der Waals surface area contributed by atoms with Gasteiger partial charge in [-0.1, -0.05) is 48.6 Å². The van der Waals surface area contributed by atoms with Crippen molar-refractivity contribution in [3.8, 4) is 11.4 Å². The van der Waals surface area contributed by atoms with Crippen LogP contribution in [0.3, 0.4) is 0 Å². The van der Waals surface area contributed by atoms with Crippen LogP contribution < -0.4 is 5.69 Å². The van der Waals surface area contributed by atoms with Crippen LogP contribution in [0.15, 0.2) is 77.6 Å². The van der Waals surface area contributed by atoms with Crippen LogP contribution in [0.25, 0.3) is 23.5 Å². The molecule has 0 saturated heterocycles. The molecule has 112 valence electrons. The number of rotatable bonds is 2. The molecule has 1 aliphatic rings. The largest absolute Gasteiger partial charge is 0.338 e. The van der Waals surface area contributed by atoms with Crippen molar-refractivity contribution in [2.24, 2.45) is 0 Å². The van der Waals surface area contributed by atoms with Crippen molar-refractivity contribution < 1.29 is 0 Å². The Morgan fingerprint density at radius 1 is 0.652 bits per heavy atom. The van der Waals surface area contributed by atoms with Gasteiger partial charge in [0.25, 0.3) is 0 Å². The predicted octanol–water partition coefficient (Wildman–Crippen LogP) is 4.06. The first-order valence-corrected chi connectivity index (χ1v) is 7.68. The van der Waals surface area contributed by atoms with Crippen LogP contribution in [0.2, 0.25) is 0 Å². The summed E-state index contributed by atoms with van der Waals surface area (Å²) in [6.45, 7) is 0. The number of para-hydroxylation sites is 2. The Labute approximate surface area is 134 Å². The van der Waals surface area contributed by atoms with Gasteiger partial charge in [0.15, 0.2) is 0 Å². The van der Waals surface area contributed by atoms with E-state index in [1.807, 2.05) is 72.8 Å². The lowest BCUT2D eigenvalue weighted by molar-refractivity contribution is 0.902. The zero-order chi connectivity index (χ0) is 15.6. The fraction of sp³-hybridized carbons (Fsp3) is 0.0500. The van der Waals surface area contributed by atoms with Crippen LogP contribution in [-0.4, -0.2) is 9.13 Å². The summed E-state index contributed by atoms with van der Waals surface area (Å²) in [7, 11) is 0. The van der Waals surface area contributed by atoms with Crippen molar-refractivity contribution in [2.75, 3.05) is 0 Å². The molecular formula is C20H16N2O. The Morgan fingerprint density at radius 3 is 1.52 bits per heavy atom. The van der Waals surface area contributed by atoms with E-state index in [1.165, 1.54) is 0 Å². The molecule has 3 aromatic rings. The van der Waals surface area contributed by atoms with Crippen molar-refractivity contribution in [1.82, 2.24) is 9.13 Å². The van der Waals surface area contributed by atoms with Crippen molar-refractivity contribution in [3.63, 3.8) is 0 Å². The van der Waals surface area contributed by atoms with E-state index < -0.39 is 0 Å². The maximum absolute atomic E-state index is 13.1. The van der Waals surface area contributed by atoms with E-state index >= 15 is 0 Å². The highest BCUT2D eigenvalue weighted by Crippen LogP contribution is 2.22. The highest BCUT2D eigenvalue weighted by Gasteiger charge is 2.19. The molecule has 0 spiro atoms. The normalized spacial score (nSPS) is 12.9. The number of nitrogens with zero attached hydrogens (tertiary/aromatic N) is 2. The molecule has 0 radical (unpaired) electrons. The minimum absolute atomic E-state index is 0.0522. The lowest BCUT2D eigenvalue weighted by Crippen LogP contribution is -2.22. The second kappa shape index (κ2) is 5.61. The third-order valence-electron chi connectivity index (χ3n) is 3.98. The summed E-state index contributed by atoms with van der Waals surface area (Å²) in [6.07, 6.45) is 9.09. The van der Waals surface area contributed by atoms with E-state index in [0.29, 0.717) is 0 Å². The fourth-order valence-electron chi connectivity index (χ4n) is 2.95. The maximum Gasteiger partial charge on any atom is 0.338 e. The van der Waals surface area contributed by atoms with Crippen LogP contribution in [-0.2, 0) is 0 Å². The summed E-state index contributed by atoms with van der Waals surface area (Å²) in [5, 5.41) is 0. The van der Waals surface area contributed by atoms with Crippen LogP contribution in [0.4, 0.5) is 0 Å². The third kappa shape index (κ3) is 2.27. The van der Waals surface area contributed by atoms with Gasteiger partial charge in [-0.2, -0.15) is 0 Å². The SMILES string of the molecule is O=c1n(-c2ccccc2)c2c(n1-c1ccccc1)C=CCC=C2. The molecule has 0 unspecified atom stereocenters. The topological polar surface area (TPSA) is 26.9 Å². The summed E-state index contributed by atoms with van der Waals surface area (Å²) in [6, 6.07) is 19.5. The summed E-state index contributed by atoms with van der Waals surface area (Å²) in [5.41, 5.74) is 3.54. The first kappa shape index (κ1) is 13.6. The zero-order valence-corrected chi connectivity index (χ0v) is 12.6. The molecule has 4 rings (SSSR count). The Bertz CT molecular complexity index is 869. The van der Waals surface area contributed by atoms with Crippen molar-refractivity contribution >= 4 is 12.2 Å². The molecule has 23 heavy (non-hydrogen) atoms. The van der Waals surface area contributed by atoms with Gasteiger partial charge in [-0.25, -0.2) is 4.79 Å². The van der Waals surface area contributed by atoms with Gasteiger partial charge in [0, 0.05) is 0 Å². The van der Waals surface area contributed by atoms with E-state index in [4.69, 9.17) is 0 Å². The van der Waals surface area contributed by atoms with E-state index in [-0.39, 0.29) is 5.69 Å². The molecule has 2 aromatic carbocycles. The van der Waals surface area contributed by atoms with Gasteiger partial charge in [0.05, 0.1) is 22.8 Å². The summed E-state index contributed by atoms with van der Waals surface area (Å²) >= 11 is 0. The van der Waals surface area contributed by atoms with Gasteiger partial charge in [0.2, 0.25) is 0 Å². The number of benzene rings is 2. The van der Waals surface area contributed by atoms with Crippen molar-refractivity contribution in [3.05, 3.63) is 94.7 Å². The second-order valence-corrected chi connectivity index (χ2v) is 5.44. The molecule has 1 heterocycles. The zero-order valence-electron chi connectivity index (χ0n) is 12.6. The fourth-order valence-corrected chi connectivity index (χ4v) is 2.95. The van der Waals surface area contributed by atoms with Crippen LogP contribution >= 0.6 is 0 Å². The number of hydrogen-bond donors (Lipinski definition) is 0. The first-order valence-electron chi connectivity index (χ1n) is 7.68. The van der Waals surface area contributed by atoms with Gasteiger partial charge in [-0.15, -0.1) is 0 Å². The van der Waals surface area contributed by atoms with Crippen molar-refractivity contribution in [2.45, 2.75) is 6.42 Å². The van der Waals surface area contributed by atoms with Crippen LogP contribution in [0.1, 0.15) is 17.8 Å². The summed E-state index contributed by atoms with van der Waals surface area (Å²) in [4.78, 5) is 13.1. The molecule has 3 heteroatoms. The molecule has 1 aliphatic carbocycles. The molecular weight excluding hydrogens is 284 g/mol. The second-order valence-electron chi connectivity index (χ2n) is 5.44. The molecule has 0 saturated carbocycles. The number of allylic oxidation sites excluding steroid dienone is 2. The Balaban J connectivity index is 2.08. The first-order chi connectivity index (χ1) is 11.4. The molecule has 0 N–H and O–H groups in total. The van der Waals surface area contributed by atoms with Gasteiger partial charge in [-0.3, -0.25) is 9.13 Å². The number of imidazole rings is 1.